The first-order chi connectivity index (χ1) is 16.5. The minimum absolute atomic E-state index is 0.507. The van der Waals surface area contributed by atoms with Crippen LogP contribution in [0, 0.1) is 0 Å². The fourth-order valence-corrected chi connectivity index (χ4v) is 8.46. The molecule has 0 atom stereocenters. The van der Waals surface area contributed by atoms with Gasteiger partial charge >= 0.3 is 17.6 Å². The Labute approximate surface area is 213 Å². The predicted octanol–water partition coefficient (Wildman–Crippen LogP) is 4.62. The van der Waals surface area contributed by atoms with Crippen LogP contribution in [0.15, 0.2) is 54.6 Å². The van der Waals surface area contributed by atoms with Gasteiger partial charge in [-0.05, 0) is 47.1 Å². The van der Waals surface area contributed by atoms with Gasteiger partial charge in [-0.2, -0.15) is 0 Å². The van der Waals surface area contributed by atoms with Crippen LogP contribution in [0.1, 0.15) is 47.1 Å². The Balaban J connectivity index is 0.000000342. The van der Waals surface area contributed by atoms with Crippen LogP contribution in [0.2, 0.25) is 0 Å². The van der Waals surface area contributed by atoms with Crippen LogP contribution in [0.5, 0.6) is 0 Å². The zero-order valence-electron chi connectivity index (χ0n) is 21.5. The third-order valence-corrected chi connectivity index (χ3v) is 11.0. The Morgan fingerprint density at radius 2 is 0.824 bits per heavy atom. The fourth-order valence-electron chi connectivity index (χ4n) is 3.33. The molecule has 2 aromatic carbocycles. The molecule has 0 unspecified atom stereocenters. The van der Waals surface area contributed by atoms with E-state index in [9.17, 15) is 0 Å². The average Bonchev–Trinajstić information content (AvgIpc) is 2.86. The molecular formula is C25H41ClO6Si2. The molecular weight excluding hydrogens is 488 g/mol. The lowest BCUT2D eigenvalue weighted by molar-refractivity contribution is 0.0851. The first kappa shape index (κ1) is 31.0. The second kappa shape index (κ2) is 17.4. The summed E-state index contributed by atoms with van der Waals surface area (Å²) < 4.78 is 34.9. The highest BCUT2D eigenvalue weighted by molar-refractivity contribution is 6.75. The molecule has 0 amide bonds. The highest BCUT2D eigenvalue weighted by Crippen LogP contribution is 2.13. The van der Waals surface area contributed by atoms with E-state index in [4.69, 9.17) is 38.2 Å². The summed E-state index contributed by atoms with van der Waals surface area (Å²) in [7, 11) is -5.42. The van der Waals surface area contributed by atoms with E-state index in [1.807, 2.05) is 96.1 Å². The molecule has 6 nitrogen and oxygen atoms in total. The highest BCUT2D eigenvalue weighted by atomic mass is 35.5. The topological polar surface area (TPSA) is 55.4 Å². The summed E-state index contributed by atoms with van der Waals surface area (Å²) in [5.74, 6) is 0.507. The molecule has 0 aliphatic carbocycles. The van der Waals surface area contributed by atoms with Gasteiger partial charge in [0, 0.05) is 55.9 Å². The number of alkyl halides is 1. The lowest BCUT2D eigenvalue weighted by Gasteiger charge is -2.28. The Morgan fingerprint density at radius 1 is 0.500 bits per heavy atom. The lowest BCUT2D eigenvalue weighted by atomic mass is 10.2. The van der Waals surface area contributed by atoms with Crippen LogP contribution in [0.3, 0.4) is 0 Å². The highest BCUT2D eigenvalue weighted by Gasteiger charge is 2.43. The van der Waals surface area contributed by atoms with Crippen molar-refractivity contribution in [1.29, 1.82) is 0 Å². The Bertz CT molecular complexity index is 730. The van der Waals surface area contributed by atoms with Crippen molar-refractivity contribution in [2.24, 2.45) is 0 Å². The Morgan fingerprint density at radius 3 is 1.12 bits per heavy atom. The molecule has 192 valence electrons. The number of halogens is 1. The molecule has 0 spiro atoms. The SMILES string of the molecule is CCO[Si](OCC)(OCC)c1ccc(CCl)cc1.CCO[Si](OCC)(OCC)c1ccccc1. The van der Waals surface area contributed by atoms with Gasteiger partial charge in [-0.1, -0.05) is 54.6 Å². The molecule has 9 heteroatoms. The normalized spacial score (nSPS) is 11.7. The second-order valence-electron chi connectivity index (χ2n) is 6.91. The molecule has 0 N–H and O–H groups in total. The standard InChI is InChI=1S/C13H21ClO3Si.C12H20O3Si/c1-4-15-18(16-5-2,17-6-3)13-9-7-12(11-14)8-10-13;1-4-13-16(14-5-2,15-6-3)12-10-8-7-9-11-12/h7-10H,4-6,11H2,1-3H3;7-11H,4-6H2,1-3H3. The van der Waals surface area contributed by atoms with Crippen molar-refractivity contribution in [3.8, 4) is 0 Å². The van der Waals surface area contributed by atoms with Crippen LogP contribution in [-0.4, -0.2) is 57.3 Å². The average molecular weight is 529 g/mol. The number of benzene rings is 2. The summed E-state index contributed by atoms with van der Waals surface area (Å²) in [4.78, 5) is 0. The second-order valence-corrected chi connectivity index (χ2v) is 12.3. The monoisotopic (exact) mass is 528 g/mol. The summed E-state index contributed by atoms with van der Waals surface area (Å²) in [6, 6.07) is 17.9. The van der Waals surface area contributed by atoms with Gasteiger partial charge in [0.15, 0.2) is 0 Å². The van der Waals surface area contributed by atoms with Crippen LogP contribution >= 0.6 is 11.6 Å². The largest absolute Gasteiger partial charge is 0.537 e. The molecule has 0 aliphatic heterocycles. The zero-order chi connectivity index (χ0) is 25.3. The van der Waals surface area contributed by atoms with Gasteiger partial charge < -0.3 is 26.6 Å². The molecule has 0 saturated heterocycles. The van der Waals surface area contributed by atoms with Crippen molar-refractivity contribution < 1.29 is 26.6 Å². The van der Waals surface area contributed by atoms with Gasteiger partial charge in [0.05, 0.1) is 0 Å². The van der Waals surface area contributed by atoms with Crippen molar-refractivity contribution in [3.05, 3.63) is 60.2 Å². The van der Waals surface area contributed by atoms with Crippen molar-refractivity contribution in [3.63, 3.8) is 0 Å². The third kappa shape index (κ3) is 9.18. The maximum absolute atomic E-state index is 5.83. The van der Waals surface area contributed by atoms with E-state index >= 15 is 0 Å². The van der Waals surface area contributed by atoms with Crippen LogP contribution in [-0.2, 0) is 32.4 Å². The van der Waals surface area contributed by atoms with Gasteiger partial charge in [-0.15, -0.1) is 11.6 Å². The van der Waals surface area contributed by atoms with Crippen molar-refractivity contribution in [2.75, 3.05) is 39.6 Å². The number of hydrogen-bond acceptors (Lipinski definition) is 6. The molecule has 0 saturated carbocycles. The molecule has 0 radical (unpaired) electrons. The van der Waals surface area contributed by atoms with Gasteiger partial charge in [0.1, 0.15) is 0 Å². The molecule has 2 aromatic rings. The van der Waals surface area contributed by atoms with Crippen LogP contribution < -0.4 is 10.4 Å². The summed E-state index contributed by atoms with van der Waals surface area (Å²) in [5.41, 5.74) is 1.08. The Hall–Kier alpha value is -1.08. The van der Waals surface area contributed by atoms with Gasteiger partial charge in [-0.25, -0.2) is 0 Å². The maximum Gasteiger partial charge on any atom is 0.537 e. The van der Waals surface area contributed by atoms with Gasteiger partial charge in [0.25, 0.3) is 0 Å². The quantitative estimate of drug-likeness (QED) is 0.248. The predicted molar refractivity (Wildman–Crippen MR) is 143 cm³/mol. The fraction of sp³-hybridized carbons (Fsp3) is 0.520. The van der Waals surface area contributed by atoms with E-state index in [2.05, 4.69) is 0 Å². The van der Waals surface area contributed by atoms with E-state index in [1.54, 1.807) is 0 Å². The van der Waals surface area contributed by atoms with E-state index in [1.165, 1.54) is 0 Å². The summed E-state index contributed by atoms with van der Waals surface area (Å²) in [6.45, 7) is 15.3. The molecule has 0 heterocycles. The molecule has 0 aliphatic rings. The smallest absolute Gasteiger partial charge is 0.370 e. The minimum atomic E-state index is -2.75. The van der Waals surface area contributed by atoms with Gasteiger partial charge in [0.2, 0.25) is 0 Å². The third-order valence-electron chi connectivity index (χ3n) is 4.60. The molecule has 0 aromatic heterocycles. The van der Waals surface area contributed by atoms with Crippen molar-refractivity contribution in [1.82, 2.24) is 0 Å². The van der Waals surface area contributed by atoms with Crippen molar-refractivity contribution in [2.45, 2.75) is 47.4 Å². The molecule has 0 bridgehead atoms. The maximum atomic E-state index is 5.83. The van der Waals surface area contributed by atoms with E-state index in [0.717, 1.165) is 15.9 Å². The van der Waals surface area contributed by atoms with E-state index in [0.29, 0.717) is 45.5 Å². The number of hydrogen-bond donors (Lipinski definition) is 0. The van der Waals surface area contributed by atoms with E-state index in [-0.39, 0.29) is 0 Å². The summed E-state index contributed by atoms with van der Waals surface area (Å²) >= 11 is 5.79. The van der Waals surface area contributed by atoms with Crippen LogP contribution in [0.4, 0.5) is 0 Å². The first-order valence-electron chi connectivity index (χ1n) is 12.1. The van der Waals surface area contributed by atoms with E-state index < -0.39 is 17.6 Å². The molecule has 2 rings (SSSR count). The van der Waals surface area contributed by atoms with Gasteiger partial charge in [-0.3, -0.25) is 0 Å². The molecule has 0 fully saturated rings. The zero-order valence-corrected chi connectivity index (χ0v) is 24.2. The Kier molecular flexibility index (Phi) is 15.8. The first-order valence-corrected chi connectivity index (χ1v) is 16.0. The number of rotatable bonds is 15. The lowest BCUT2D eigenvalue weighted by Crippen LogP contribution is -2.56. The van der Waals surface area contributed by atoms with Crippen LogP contribution in [0.25, 0.3) is 0 Å². The summed E-state index contributed by atoms with van der Waals surface area (Å²) in [6.07, 6.45) is 0. The molecule has 34 heavy (non-hydrogen) atoms. The van der Waals surface area contributed by atoms with Crippen molar-refractivity contribution >= 4 is 39.6 Å². The summed E-state index contributed by atoms with van der Waals surface area (Å²) in [5, 5.41) is 2.02. The minimum Gasteiger partial charge on any atom is -0.370 e.